The zero-order chi connectivity index (χ0) is 17.1. The highest BCUT2D eigenvalue weighted by Crippen LogP contribution is 2.47. The van der Waals surface area contributed by atoms with Crippen molar-refractivity contribution in [2.45, 2.75) is 24.7 Å². The summed E-state index contributed by atoms with van der Waals surface area (Å²) in [6.45, 7) is 0. The molecule has 0 spiro atoms. The summed E-state index contributed by atoms with van der Waals surface area (Å²) in [5.74, 6) is 1.20. The van der Waals surface area contributed by atoms with Crippen LogP contribution in [-0.2, 0) is 5.41 Å². The van der Waals surface area contributed by atoms with E-state index < -0.39 is 0 Å². The Morgan fingerprint density at radius 2 is 1.88 bits per heavy atom. The van der Waals surface area contributed by atoms with Gasteiger partial charge in [0.05, 0.1) is 12.5 Å². The van der Waals surface area contributed by atoms with Crippen LogP contribution in [0.1, 0.15) is 42.1 Å². The molecule has 1 aliphatic rings. The molecule has 0 aliphatic heterocycles. The van der Waals surface area contributed by atoms with E-state index in [4.69, 9.17) is 9.26 Å². The summed E-state index contributed by atoms with van der Waals surface area (Å²) in [5, 5.41) is 4.22. The Morgan fingerprint density at radius 3 is 2.52 bits per heavy atom. The Morgan fingerprint density at radius 1 is 1.12 bits per heavy atom. The molecule has 0 saturated heterocycles. The van der Waals surface area contributed by atoms with Crippen molar-refractivity contribution >= 4 is 12.2 Å². The number of hydrogen-bond acceptors (Lipinski definition) is 7. The van der Waals surface area contributed by atoms with Gasteiger partial charge in [0.15, 0.2) is 5.82 Å². The van der Waals surface area contributed by atoms with Gasteiger partial charge in [-0.05, 0) is 36.6 Å². The van der Waals surface area contributed by atoms with Crippen molar-refractivity contribution in [2.24, 2.45) is 0 Å². The molecule has 3 aromatic rings. The molecule has 1 fully saturated rings. The summed E-state index contributed by atoms with van der Waals surface area (Å²) in [6, 6.07) is 4.39. The standard InChI is InChI=1S/C18H17N5O2/c1-24-17-20-11-13(12-21-17)3-4-15-22-16(23-25-15)18(7-2-8-18)14-5-9-19-10-6-14/h3-6,9-12H,2,7-8H2,1H3. The highest BCUT2D eigenvalue weighted by Gasteiger charge is 2.44. The van der Waals surface area contributed by atoms with Crippen molar-refractivity contribution < 1.29 is 9.26 Å². The molecular formula is C18H17N5O2. The van der Waals surface area contributed by atoms with Gasteiger partial charge in [0.1, 0.15) is 0 Å². The van der Waals surface area contributed by atoms with Crippen LogP contribution in [0.3, 0.4) is 0 Å². The summed E-state index contributed by atoms with van der Waals surface area (Å²) in [6.07, 6.45) is 13.7. The summed E-state index contributed by atoms with van der Waals surface area (Å²) in [7, 11) is 1.53. The smallest absolute Gasteiger partial charge is 0.316 e. The van der Waals surface area contributed by atoms with Crippen LogP contribution >= 0.6 is 0 Å². The lowest BCUT2D eigenvalue weighted by Gasteiger charge is -2.39. The number of ether oxygens (including phenoxy) is 1. The van der Waals surface area contributed by atoms with Crippen LogP contribution in [0.15, 0.2) is 41.4 Å². The van der Waals surface area contributed by atoms with Gasteiger partial charge in [-0.2, -0.15) is 4.98 Å². The second kappa shape index (κ2) is 6.43. The first kappa shape index (κ1) is 15.4. The molecular weight excluding hydrogens is 318 g/mol. The summed E-state index contributed by atoms with van der Waals surface area (Å²) >= 11 is 0. The summed E-state index contributed by atoms with van der Waals surface area (Å²) in [5.41, 5.74) is 1.86. The molecule has 7 nitrogen and oxygen atoms in total. The molecule has 0 amide bonds. The second-order valence-electron chi connectivity index (χ2n) is 5.96. The molecule has 3 heterocycles. The quantitative estimate of drug-likeness (QED) is 0.708. The topological polar surface area (TPSA) is 86.8 Å². The van der Waals surface area contributed by atoms with E-state index in [0.717, 1.165) is 30.7 Å². The van der Waals surface area contributed by atoms with E-state index in [0.29, 0.717) is 11.9 Å². The van der Waals surface area contributed by atoms with E-state index in [1.54, 1.807) is 30.9 Å². The Kier molecular flexibility index (Phi) is 3.97. The van der Waals surface area contributed by atoms with Gasteiger partial charge in [-0.3, -0.25) is 4.98 Å². The maximum atomic E-state index is 5.41. The van der Waals surface area contributed by atoms with Crippen molar-refractivity contribution in [1.82, 2.24) is 25.1 Å². The van der Waals surface area contributed by atoms with Crippen molar-refractivity contribution in [2.75, 3.05) is 7.11 Å². The van der Waals surface area contributed by atoms with Crippen molar-refractivity contribution in [3.05, 3.63) is 59.8 Å². The third-order valence-electron chi connectivity index (χ3n) is 4.56. The highest BCUT2D eigenvalue weighted by atomic mass is 16.5. The van der Waals surface area contributed by atoms with Gasteiger partial charge in [-0.25, -0.2) is 9.97 Å². The SMILES string of the molecule is COc1ncc(C=Cc2nc(C3(c4ccncc4)CCC3)no2)cn1. The van der Waals surface area contributed by atoms with Crippen LogP contribution in [0, 0.1) is 0 Å². The van der Waals surface area contributed by atoms with Crippen molar-refractivity contribution in [3.8, 4) is 6.01 Å². The third kappa shape index (κ3) is 2.88. The largest absolute Gasteiger partial charge is 0.467 e. The third-order valence-corrected chi connectivity index (χ3v) is 4.56. The van der Waals surface area contributed by atoms with Gasteiger partial charge in [0, 0.05) is 36.4 Å². The average Bonchev–Trinajstić information content (AvgIpc) is 3.09. The lowest BCUT2D eigenvalue weighted by atomic mass is 9.64. The van der Waals surface area contributed by atoms with Gasteiger partial charge >= 0.3 is 6.01 Å². The molecule has 0 N–H and O–H groups in total. The van der Waals surface area contributed by atoms with Crippen LogP contribution in [0.2, 0.25) is 0 Å². The van der Waals surface area contributed by atoms with Crippen LogP contribution < -0.4 is 4.74 Å². The van der Waals surface area contributed by atoms with E-state index >= 15 is 0 Å². The maximum Gasteiger partial charge on any atom is 0.316 e. The Bertz CT molecular complexity index is 870. The van der Waals surface area contributed by atoms with Crippen molar-refractivity contribution in [1.29, 1.82) is 0 Å². The van der Waals surface area contributed by atoms with E-state index in [2.05, 4.69) is 25.1 Å². The molecule has 0 unspecified atom stereocenters. The second-order valence-corrected chi connectivity index (χ2v) is 5.96. The van der Waals surface area contributed by atoms with E-state index in [-0.39, 0.29) is 5.41 Å². The fraction of sp³-hybridized carbons (Fsp3) is 0.278. The lowest BCUT2D eigenvalue weighted by Crippen LogP contribution is -2.36. The average molecular weight is 335 g/mol. The monoisotopic (exact) mass is 335 g/mol. The lowest BCUT2D eigenvalue weighted by molar-refractivity contribution is 0.272. The van der Waals surface area contributed by atoms with E-state index in [1.807, 2.05) is 18.2 Å². The minimum absolute atomic E-state index is 0.151. The number of methoxy groups -OCH3 is 1. The van der Waals surface area contributed by atoms with Gasteiger partial charge in [-0.1, -0.05) is 11.6 Å². The predicted octanol–water partition coefficient (Wildman–Crippen LogP) is 2.90. The first-order valence-electron chi connectivity index (χ1n) is 8.09. The van der Waals surface area contributed by atoms with Crippen LogP contribution in [-0.4, -0.2) is 32.2 Å². The zero-order valence-corrected chi connectivity index (χ0v) is 13.8. The number of pyridine rings is 1. The first-order valence-corrected chi connectivity index (χ1v) is 8.09. The first-order chi connectivity index (χ1) is 12.3. The minimum atomic E-state index is -0.151. The van der Waals surface area contributed by atoms with E-state index in [1.165, 1.54) is 12.7 Å². The van der Waals surface area contributed by atoms with Crippen molar-refractivity contribution in [3.63, 3.8) is 0 Å². The predicted molar refractivity (Wildman–Crippen MR) is 90.7 cm³/mol. The fourth-order valence-electron chi connectivity index (χ4n) is 3.03. The fourth-order valence-corrected chi connectivity index (χ4v) is 3.03. The highest BCUT2D eigenvalue weighted by molar-refractivity contribution is 5.65. The number of hydrogen-bond donors (Lipinski definition) is 0. The van der Waals surface area contributed by atoms with Gasteiger partial charge in [-0.15, -0.1) is 0 Å². The Balaban J connectivity index is 1.56. The molecule has 0 aromatic carbocycles. The van der Waals surface area contributed by atoms with Gasteiger partial charge in [0.25, 0.3) is 5.89 Å². The van der Waals surface area contributed by atoms with Crippen LogP contribution in [0.25, 0.3) is 12.2 Å². The van der Waals surface area contributed by atoms with Gasteiger partial charge in [0.2, 0.25) is 0 Å². The van der Waals surface area contributed by atoms with Crippen LogP contribution in [0.5, 0.6) is 6.01 Å². The molecule has 25 heavy (non-hydrogen) atoms. The maximum absolute atomic E-state index is 5.41. The molecule has 0 atom stereocenters. The zero-order valence-electron chi connectivity index (χ0n) is 13.8. The molecule has 1 aliphatic carbocycles. The molecule has 126 valence electrons. The van der Waals surface area contributed by atoms with Crippen LogP contribution in [0.4, 0.5) is 0 Å². The molecule has 4 rings (SSSR count). The number of rotatable bonds is 5. The summed E-state index contributed by atoms with van der Waals surface area (Å²) in [4.78, 5) is 16.8. The minimum Gasteiger partial charge on any atom is -0.467 e. The van der Waals surface area contributed by atoms with Gasteiger partial charge < -0.3 is 9.26 Å². The van der Waals surface area contributed by atoms with E-state index in [9.17, 15) is 0 Å². The molecule has 1 saturated carbocycles. The number of nitrogens with zero attached hydrogens (tertiary/aromatic N) is 5. The number of aromatic nitrogens is 5. The molecule has 0 bridgehead atoms. The molecule has 3 aromatic heterocycles. The molecule has 0 radical (unpaired) electrons. The Labute approximate surface area is 144 Å². The summed E-state index contributed by atoms with van der Waals surface area (Å²) < 4.78 is 10.3. The Hall–Kier alpha value is -3.09. The normalized spacial score (nSPS) is 15.9. The molecule has 7 heteroatoms.